The number of hydrogen-bond donors (Lipinski definition) is 1. The molecule has 26 heavy (non-hydrogen) atoms. The summed E-state index contributed by atoms with van der Waals surface area (Å²) >= 11 is 0. The van der Waals surface area contributed by atoms with Gasteiger partial charge in [-0.05, 0) is 29.8 Å². The van der Waals surface area contributed by atoms with Crippen molar-refractivity contribution in [3.8, 4) is 11.1 Å². The number of aromatic nitrogens is 2. The second kappa shape index (κ2) is 6.48. The van der Waals surface area contributed by atoms with Gasteiger partial charge in [0.2, 0.25) is 5.78 Å². The van der Waals surface area contributed by atoms with Crippen molar-refractivity contribution in [2.24, 2.45) is 0 Å². The zero-order valence-corrected chi connectivity index (χ0v) is 14.7. The topological polar surface area (TPSA) is 49.0 Å². The number of carbonyl (C=O) groups is 1. The van der Waals surface area contributed by atoms with E-state index in [0.717, 1.165) is 27.7 Å². The molecule has 4 nitrogen and oxygen atoms in total. The predicted molar refractivity (Wildman–Crippen MR) is 106 cm³/mol. The average Bonchev–Trinajstić information content (AvgIpc) is 3.12. The average molecular weight is 341 g/mol. The number of H-pyrrole nitrogens is 1. The van der Waals surface area contributed by atoms with E-state index >= 15 is 0 Å². The monoisotopic (exact) mass is 341 g/mol. The Morgan fingerprint density at radius 2 is 1.62 bits per heavy atom. The lowest BCUT2D eigenvalue weighted by molar-refractivity contribution is 0.103. The Morgan fingerprint density at radius 3 is 2.31 bits per heavy atom. The van der Waals surface area contributed by atoms with Crippen LogP contribution in [0.4, 0.5) is 5.69 Å². The highest BCUT2D eigenvalue weighted by Gasteiger charge is 2.17. The predicted octanol–water partition coefficient (Wildman–Crippen LogP) is 4.53. The maximum atomic E-state index is 13.0. The largest absolute Gasteiger partial charge is 0.378 e. The number of fused-ring (bicyclic) bond motifs is 1. The number of hydrogen-bond acceptors (Lipinski definition) is 3. The summed E-state index contributed by atoms with van der Waals surface area (Å²) in [6, 6.07) is 23.6. The molecule has 0 atom stereocenters. The molecule has 4 heteroatoms. The van der Waals surface area contributed by atoms with E-state index in [9.17, 15) is 4.79 Å². The van der Waals surface area contributed by atoms with Crippen molar-refractivity contribution in [3.63, 3.8) is 0 Å². The number of rotatable bonds is 4. The molecular formula is C22H19N3O. The van der Waals surface area contributed by atoms with Crippen LogP contribution in [0.15, 0.2) is 72.8 Å². The van der Waals surface area contributed by atoms with Gasteiger partial charge in [0.15, 0.2) is 0 Å². The van der Waals surface area contributed by atoms with E-state index in [-0.39, 0.29) is 5.78 Å². The summed E-state index contributed by atoms with van der Waals surface area (Å²) in [4.78, 5) is 15.0. The van der Waals surface area contributed by atoms with Gasteiger partial charge in [-0.1, -0.05) is 48.5 Å². The van der Waals surface area contributed by atoms with Crippen molar-refractivity contribution in [1.82, 2.24) is 10.2 Å². The van der Waals surface area contributed by atoms with Gasteiger partial charge in [0.25, 0.3) is 0 Å². The molecule has 4 aromatic rings. The highest BCUT2D eigenvalue weighted by atomic mass is 16.1. The Labute approximate surface area is 152 Å². The number of para-hydroxylation sites is 1. The van der Waals surface area contributed by atoms with Crippen LogP contribution in [0.25, 0.3) is 22.0 Å². The molecular weight excluding hydrogens is 322 g/mol. The second-order valence-corrected chi connectivity index (χ2v) is 6.44. The summed E-state index contributed by atoms with van der Waals surface area (Å²) in [6.07, 6.45) is 0. The molecule has 3 aromatic carbocycles. The van der Waals surface area contributed by atoms with Crippen molar-refractivity contribution in [2.45, 2.75) is 0 Å². The molecule has 1 N–H and O–H groups in total. The molecule has 1 aromatic heterocycles. The molecule has 0 amide bonds. The maximum absolute atomic E-state index is 13.0. The normalized spacial score (nSPS) is 10.8. The maximum Gasteiger partial charge on any atom is 0.211 e. The van der Waals surface area contributed by atoms with Gasteiger partial charge >= 0.3 is 0 Å². The van der Waals surface area contributed by atoms with Crippen LogP contribution in [0.2, 0.25) is 0 Å². The van der Waals surface area contributed by atoms with Crippen LogP contribution in [0.1, 0.15) is 16.1 Å². The van der Waals surface area contributed by atoms with Crippen LogP contribution in [-0.2, 0) is 0 Å². The molecule has 0 aliphatic rings. The van der Waals surface area contributed by atoms with Gasteiger partial charge in [-0.3, -0.25) is 9.89 Å². The lowest BCUT2D eigenvalue weighted by Gasteiger charge is -2.12. The number of ketones is 1. The lowest BCUT2D eigenvalue weighted by atomic mass is 10.00. The minimum absolute atomic E-state index is 0.0528. The molecule has 0 unspecified atom stereocenters. The molecule has 0 bridgehead atoms. The van der Waals surface area contributed by atoms with Crippen molar-refractivity contribution in [1.29, 1.82) is 0 Å². The highest BCUT2D eigenvalue weighted by Crippen LogP contribution is 2.29. The summed E-state index contributed by atoms with van der Waals surface area (Å²) < 4.78 is 0. The molecule has 1 heterocycles. The zero-order chi connectivity index (χ0) is 18.1. The molecule has 0 aliphatic carbocycles. The first-order valence-corrected chi connectivity index (χ1v) is 8.50. The Balaban J connectivity index is 1.77. The number of nitrogens with one attached hydrogen (secondary N) is 1. The van der Waals surface area contributed by atoms with Gasteiger partial charge in [-0.2, -0.15) is 5.10 Å². The Hall–Kier alpha value is -3.40. The molecule has 0 aliphatic heterocycles. The first-order chi connectivity index (χ1) is 12.6. The van der Waals surface area contributed by atoms with E-state index in [1.807, 2.05) is 91.8 Å². The quantitative estimate of drug-likeness (QED) is 0.555. The molecule has 0 saturated heterocycles. The van der Waals surface area contributed by atoms with Crippen molar-refractivity contribution in [2.75, 3.05) is 19.0 Å². The van der Waals surface area contributed by atoms with E-state index in [2.05, 4.69) is 10.2 Å². The second-order valence-electron chi connectivity index (χ2n) is 6.44. The third kappa shape index (κ3) is 2.75. The first kappa shape index (κ1) is 16.1. The molecule has 4 rings (SSSR count). The molecule has 0 saturated carbocycles. The summed E-state index contributed by atoms with van der Waals surface area (Å²) in [7, 11) is 3.95. The van der Waals surface area contributed by atoms with E-state index in [1.165, 1.54) is 0 Å². The van der Waals surface area contributed by atoms with Crippen LogP contribution >= 0.6 is 0 Å². The standard InChI is InChI=1S/C22H19N3O/c1-25(2)17-13-11-16(12-14-17)22(26)21-19-10-6-9-18(20(19)23-24-21)15-7-4-3-5-8-15/h3-14H,1-2H3,(H,23,24). The SMILES string of the molecule is CN(C)c1ccc(C(=O)c2[nH]nc3c(-c4ccccc4)cccc23)cc1. The molecule has 0 radical (unpaired) electrons. The summed E-state index contributed by atoms with van der Waals surface area (Å²) in [5, 5.41) is 8.22. The first-order valence-electron chi connectivity index (χ1n) is 8.50. The minimum Gasteiger partial charge on any atom is -0.378 e. The zero-order valence-electron chi connectivity index (χ0n) is 14.7. The third-order valence-electron chi connectivity index (χ3n) is 4.54. The molecule has 128 valence electrons. The Bertz CT molecular complexity index is 1060. The number of nitrogens with zero attached hydrogens (tertiary/aromatic N) is 2. The fourth-order valence-corrected chi connectivity index (χ4v) is 3.12. The lowest BCUT2D eigenvalue weighted by Crippen LogP contribution is -2.09. The van der Waals surface area contributed by atoms with E-state index < -0.39 is 0 Å². The number of aromatic amines is 1. The van der Waals surface area contributed by atoms with Gasteiger partial charge < -0.3 is 4.90 Å². The summed E-state index contributed by atoms with van der Waals surface area (Å²) in [5.41, 5.74) is 5.14. The Kier molecular flexibility index (Phi) is 4.01. The fourth-order valence-electron chi connectivity index (χ4n) is 3.12. The number of benzene rings is 3. The van der Waals surface area contributed by atoms with Crippen LogP contribution < -0.4 is 4.90 Å². The third-order valence-corrected chi connectivity index (χ3v) is 4.54. The van der Waals surface area contributed by atoms with Crippen molar-refractivity contribution >= 4 is 22.4 Å². The van der Waals surface area contributed by atoms with Crippen LogP contribution in [-0.4, -0.2) is 30.1 Å². The smallest absolute Gasteiger partial charge is 0.211 e. The van der Waals surface area contributed by atoms with Crippen LogP contribution in [0.5, 0.6) is 0 Å². The minimum atomic E-state index is -0.0528. The summed E-state index contributed by atoms with van der Waals surface area (Å²) in [5.74, 6) is -0.0528. The van der Waals surface area contributed by atoms with Crippen LogP contribution in [0, 0.1) is 0 Å². The van der Waals surface area contributed by atoms with Gasteiger partial charge in [-0.15, -0.1) is 0 Å². The Morgan fingerprint density at radius 1 is 0.885 bits per heavy atom. The van der Waals surface area contributed by atoms with Crippen molar-refractivity contribution < 1.29 is 4.79 Å². The van der Waals surface area contributed by atoms with Crippen molar-refractivity contribution in [3.05, 3.63) is 84.1 Å². The van der Waals surface area contributed by atoms with Gasteiger partial charge in [0, 0.05) is 36.3 Å². The van der Waals surface area contributed by atoms with Gasteiger partial charge in [0.05, 0.1) is 0 Å². The van der Waals surface area contributed by atoms with E-state index in [4.69, 9.17) is 0 Å². The highest BCUT2D eigenvalue weighted by molar-refractivity contribution is 6.16. The van der Waals surface area contributed by atoms with E-state index in [1.54, 1.807) is 0 Å². The summed E-state index contributed by atoms with van der Waals surface area (Å²) in [6.45, 7) is 0. The number of anilines is 1. The molecule has 0 fully saturated rings. The number of carbonyl (C=O) groups excluding carboxylic acids is 1. The van der Waals surface area contributed by atoms with Crippen LogP contribution in [0.3, 0.4) is 0 Å². The van der Waals surface area contributed by atoms with E-state index in [0.29, 0.717) is 11.3 Å². The molecule has 0 spiro atoms. The fraction of sp³-hybridized carbons (Fsp3) is 0.0909. The van der Waals surface area contributed by atoms with Gasteiger partial charge in [-0.25, -0.2) is 0 Å². The van der Waals surface area contributed by atoms with Gasteiger partial charge in [0.1, 0.15) is 11.2 Å².